The second-order valence-corrected chi connectivity index (χ2v) is 9.83. The Kier molecular flexibility index (Phi) is 6.27. The molecule has 1 atom stereocenters. The molecule has 0 radical (unpaired) electrons. The molecule has 1 saturated heterocycles. The molecule has 1 aliphatic heterocycles. The Hall–Kier alpha value is -3.34. The highest BCUT2D eigenvalue weighted by Gasteiger charge is 2.24. The number of aryl methyl sites for hydroxylation is 2. The van der Waals surface area contributed by atoms with Gasteiger partial charge in [0.05, 0.1) is 0 Å². The second-order valence-electron chi connectivity index (χ2n) is 8.77. The van der Waals surface area contributed by atoms with Crippen LogP contribution >= 0.6 is 11.8 Å². The topological polar surface area (TPSA) is 107 Å². The van der Waals surface area contributed by atoms with Crippen LogP contribution in [-0.4, -0.2) is 52.7 Å². The summed E-state index contributed by atoms with van der Waals surface area (Å²) in [4.78, 5) is 34.4. The van der Waals surface area contributed by atoms with Crippen molar-refractivity contribution in [1.82, 2.24) is 33.9 Å². The molecule has 178 valence electrons. The molecule has 4 aromatic rings. The van der Waals surface area contributed by atoms with Gasteiger partial charge in [-0.05, 0) is 37.3 Å². The van der Waals surface area contributed by atoms with Crippen molar-refractivity contribution in [2.45, 2.75) is 37.9 Å². The highest BCUT2D eigenvalue weighted by molar-refractivity contribution is 7.99. The molecule has 5 rings (SSSR count). The summed E-state index contributed by atoms with van der Waals surface area (Å²) in [5, 5.41) is 9.17. The van der Waals surface area contributed by atoms with Crippen LogP contribution in [0.2, 0.25) is 0 Å². The molecule has 0 spiro atoms. The van der Waals surface area contributed by atoms with E-state index in [0.29, 0.717) is 23.6 Å². The Bertz CT molecular complexity index is 1400. The molecule has 0 bridgehead atoms. The van der Waals surface area contributed by atoms with Gasteiger partial charge in [-0.2, -0.15) is 4.98 Å². The lowest BCUT2D eigenvalue weighted by Gasteiger charge is -2.32. The number of piperidine rings is 1. The number of aromatic nitrogens is 7. The number of nitrogens with one attached hydrogen (secondary N) is 1. The van der Waals surface area contributed by atoms with Gasteiger partial charge >= 0.3 is 5.69 Å². The molecule has 4 heterocycles. The summed E-state index contributed by atoms with van der Waals surface area (Å²) in [7, 11) is 1.65. The minimum Gasteiger partial charge on any atom is -0.342 e. The van der Waals surface area contributed by atoms with E-state index in [0.717, 1.165) is 48.5 Å². The number of nitrogens with zero attached hydrogens (tertiary/aromatic N) is 7. The maximum atomic E-state index is 12.8. The molecule has 1 aromatic carbocycles. The number of fused-ring (bicyclic) bond motifs is 1. The summed E-state index contributed by atoms with van der Waals surface area (Å²) in [6.45, 7) is 4.64. The third-order valence-electron chi connectivity index (χ3n) is 6.23. The largest absolute Gasteiger partial charge is 0.342 e. The first-order valence-corrected chi connectivity index (χ1v) is 12.5. The summed E-state index contributed by atoms with van der Waals surface area (Å²) in [6, 6.07) is 10.00. The third-order valence-corrected chi connectivity index (χ3v) is 7.26. The monoisotopic (exact) mass is 480 g/mol. The molecule has 1 aliphatic rings. The molecule has 34 heavy (non-hydrogen) atoms. The predicted molar refractivity (Wildman–Crippen MR) is 133 cm³/mol. The van der Waals surface area contributed by atoms with Crippen LogP contribution in [0.25, 0.3) is 16.9 Å². The standard InChI is InChI=1S/C23H28N8O2S/c1-16-8-6-11-29(14-16)21-25-19-18(20(32)26-22(33)28(19)2)30(21)12-7-13-34-23-27-24-15-31(23)17-9-4-3-5-10-17/h3-5,9-10,15-16H,6-8,11-14H2,1-2H3,(H,26,32,33)/t16-/m1/s1. The number of benzene rings is 1. The van der Waals surface area contributed by atoms with Gasteiger partial charge in [-0.25, -0.2) is 4.79 Å². The zero-order chi connectivity index (χ0) is 23.7. The Morgan fingerprint density at radius 1 is 1.21 bits per heavy atom. The maximum Gasteiger partial charge on any atom is 0.329 e. The van der Waals surface area contributed by atoms with Crippen LogP contribution in [0.15, 0.2) is 51.4 Å². The van der Waals surface area contributed by atoms with Gasteiger partial charge in [0.25, 0.3) is 5.56 Å². The lowest BCUT2D eigenvalue weighted by Crippen LogP contribution is -2.36. The molecule has 1 N–H and O–H groups in total. The van der Waals surface area contributed by atoms with Crippen molar-refractivity contribution in [1.29, 1.82) is 0 Å². The Morgan fingerprint density at radius 3 is 2.82 bits per heavy atom. The normalized spacial score (nSPS) is 16.4. The quantitative estimate of drug-likeness (QED) is 0.320. The second kappa shape index (κ2) is 9.49. The van der Waals surface area contributed by atoms with E-state index in [2.05, 4.69) is 27.0 Å². The first-order chi connectivity index (χ1) is 16.5. The van der Waals surface area contributed by atoms with E-state index in [4.69, 9.17) is 4.98 Å². The zero-order valence-corrected chi connectivity index (χ0v) is 20.2. The lowest BCUT2D eigenvalue weighted by atomic mass is 10.0. The van der Waals surface area contributed by atoms with Crippen molar-refractivity contribution in [3.8, 4) is 5.69 Å². The minimum atomic E-state index is -0.448. The molecular formula is C23H28N8O2S. The third kappa shape index (κ3) is 4.27. The Labute approximate surface area is 200 Å². The predicted octanol–water partition coefficient (Wildman–Crippen LogP) is 2.42. The number of hydrogen-bond acceptors (Lipinski definition) is 7. The molecule has 0 aliphatic carbocycles. The van der Waals surface area contributed by atoms with E-state index >= 15 is 0 Å². The van der Waals surface area contributed by atoms with Gasteiger partial charge in [0.15, 0.2) is 16.3 Å². The molecule has 0 unspecified atom stereocenters. The number of rotatable bonds is 7. The smallest absolute Gasteiger partial charge is 0.329 e. The fourth-order valence-corrected chi connectivity index (χ4v) is 5.37. The summed E-state index contributed by atoms with van der Waals surface area (Å²) in [5.74, 6) is 2.12. The molecular weight excluding hydrogens is 452 g/mol. The highest BCUT2D eigenvalue weighted by atomic mass is 32.2. The summed E-state index contributed by atoms with van der Waals surface area (Å²) < 4.78 is 5.37. The van der Waals surface area contributed by atoms with Crippen LogP contribution < -0.4 is 16.1 Å². The fourth-order valence-electron chi connectivity index (χ4n) is 4.52. The van der Waals surface area contributed by atoms with Crippen molar-refractivity contribution in [2.24, 2.45) is 13.0 Å². The molecule has 0 amide bonds. The van der Waals surface area contributed by atoms with Crippen molar-refractivity contribution in [3.63, 3.8) is 0 Å². The Morgan fingerprint density at radius 2 is 2.03 bits per heavy atom. The summed E-state index contributed by atoms with van der Waals surface area (Å²) >= 11 is 1.63. The number of hydrogen-bond donors (Lipinski definition) is 1. The average molecular weight is 481 g/mol. The molecule has 3 aromatic heterocycles. The first kappa shape index (κ1) is 22.5. The Balaban J connectivity index is 1.39. The molecule has 1 fully saturated rings. The van der Waals surface area contributed by atoms with Crippen LogP contribution in [0.1, 0.15) is 26.2 Å². The van der Waals surface area contributed by atoms with Gasteiger partial charge in [0.1, 0.15) is 6.33 Å². The van der Waals surface area contributed by atoms with E-state index in [1.54, 1.807) is 25.1 Å². The molecule has 0 saturated carbocycles. The zero-order valence-electron chi connectivity index (χ0n) is 19.3. The van der Waals surface area contributed by atoms with Crippen LogP contribution in [0.3, 0.4) is 0 Å². The van der Waals surface area contributed by atoms with E-state index < -0.39 is 11.2 Å². The minimum absolute atomic E-state index is 0.390. The SMILES string of the molecule is C[C@@H]1CCCN(c2nc3c(c(=O)[nH]c(=O)n3C)n2CCCSc2nncn2-c2ccccc2)C1. The van der Waals surface area contributed by atoms with Gasteiger partial charge < -0.3 is 9.47 Å². The van der Waals surface area contributed by atoms with E-state index in [-0.39, 0.29) is 0 Å². The molecule has 11 heteroatoms. The van der Waals surface area contributed by atoms with E-state index in [9.17, 15) is 9.59 Å². The van der Waals surface area contributed by atoms with Gasteiger partial charge in [-0.15, -0.1) is 10.2 Å². The number of imidazole rings is 1. The van der Waals surface area contributed by atoms with E-state index in [1.165, 1.54) is 11.0 Å². The number of para-hydroxylation sites is 1. The van der Waals surface area contributed by atoms with Gasteiger partial charge in [-0.1, -0.05) is 36.9 Å². The molecule has 10 nitrogen and oxygen atoms in total. The number of H-pyrrole nitrogens is 1. The first-order valence-electron chi connectivity index (χ1n) is 11.6. The lowest BCUT2D eigenvalue weighted by molar-refractivity contribution is 0.438. The van der Waals surface area contributed by atoms with Crippen molar-refractivity contribution in [2.75, 3.05) is 23.7 Å². The van der Waals surface area contributed by atoms with Crippen LogP contribution in [0, 0.1) is 5.92 Å². The van der Waals surface area contributed by atoms with Crippen LogP contribution in [0.4, 0.5) is 5.95 Å². The fraction of sp³-hybridized carbons (Fsp3) is 0.435. The van der Waals surface area contributed by atoms with E-state index in [1.807, 2.05) is 39.5 Å². The van der Waals surface area contributed by atoms with Gasteiger partial charge in [-0.3, -0.25) is 18.9 Å². The van der Waals surface area contributed by atoms with Crippen molar-refractivity contribution < 1.29 is 0 Å². The van der Waals surface area contributed by atoms with Gasteiger partial charge in [0.2, 0.25) is 5.95 Å². The van der Waals surface area contributed by atoms with Crippen molar-refractivity contribution >= 4 is 28.9 Å². The number of anilines is 1. The summed E-state index contributed by atoms with van der Waals surface area (Å²) in [6.07, 6.45) is 4.80. The average Bonchev–Trinajstić information content (AvgIpc) is 3.46. The van der Waals surface area contributed by atoms with Crippen molar-refractivity contribution in [3.05, 3.63) is 57.5 Å². The number of aromatic amines is 1. The van der Waals surface area contributed by atoms with Crippen LogP contribution in [0.5, 0.6) is 0 Å². The van der Waals surface area contributed by atoms with Gasteiger partial charge in [0, 0.05) is 38.1 Å². The highest BCUT2D eigenvalue weighted by Crippen LogP contribution is 2.26. The summed E-state index contributed by atoms with van der Waals surface area (Å²) in [5.41, 5.74) is 1.06. The van der Waals surface area contributed by atoms with Crippen LogP contribution in [-0.2, 0) is 13.6 Å². The maximum absolute atomic E-state index is 12.8. The number of thioether (sulfide) groups is 1.